The highest BCUT2D eigenvalue weighted by Crippen LogP contribution is 2.65. The van der Waals surface area contributed by atoms with Crippen molar-refractivity contribution in [1.82, 2.24) is 0 Å². The Bertz CT molecular complexity index is 842. The maximum absolute atomic E-state index is 12.6. The van der Waals surface area contributed by atoms with Gasteiger partial charge in [0.25, 0.3) is 0 Å². The highest BCUT2D eigenvalue weighted by atomic mass is 28.3. The van der Waals surface area contributed by atoms with Gasteiger partial charge in [0.1, 0.15) is 14.1 Å². The number of aliphatic hydroxyl groups is 1. The van der Waals surface area contributed by atoms with E-state index in [1.165, 1.54) is 0 Å². The predicted molar refractivity (Wildman–Crippen MR) is 110 cm³/mol. The molecule has 0 saturated heterocycles. The lowest BCUT2D eigenvalue weighted by Crippen LogP contribution is -2.55. The number of nitrogens with zero attached hydrogens (tertiary/aromatic N) is 1. The van der Waals surface area contributed by atoms with E-state index < -0.39 is 13.5 Å². The zero-order valence-corrected chi connectivity index (χ0v) is 18.4. The number of fused-ring (bicyclic) bond motifs is 3. The van der Waals surface area contributed by atoms with Crippen LogP contribution in [-0.2, 0) is 4.79 Å². The van der Waals surface area contributed by atoms with Crippen molar-refractivity contribution in [2.24, 2.45) is 22.2 Å². The second kappa shape index (κ2) is 6.19. The van der Waals surface area contributed by atoms with Gasteiger partial charge in [0, 0.05) is 0 Å². The highest BCUT2D eigenvalue weighted by Gasteiger charge is 2.59. The molecule has 3 aliphatic rings. The van der Waals surface area contributed by atoms with Gasteiger partial charge in [0.2, 0.25) is 0 Å². The van der Waals surface area contributed by atoms with E-state index in [2.05, 4.69) is 57.9 Å². The SMILES string of the molecule is CC1(C)C(O)CC[C@]2(C)C3=CC(=O)C(C#N)=C[C@]3(C#C[Si](C)(C)C)CC[C@@H]12. The Morgan fingerprint density at radius 3 is 2.44 bits per heavy atom. The third-order valence-corrected chi connectivity index (χ3v) is 7.97. The summed E-state index contributed by atoms with van der Waals surface area (Å²) in [4.78, 5) is 12.6. The van der Waals surface area contributed by atoms with Crippen LogP contribution < -0.4 is 0 Å². The number of nitriles is 1. The lowest BCUT2D eigenvalue weighted by Gasteiger charge is -2.60. The second-order valence-electron chi connectivity index (χ2n) is 10.4. The largest absolute Gasteiger partial charge is 0.393 e. The van der Waals surface area contributed by atoms with E-state index in [1.54, 1.807) is 6.08 Å². The quantitative estimate of drug-likeness (QED) is 0.499. The number of ketones is 1. The van der Waals surface area contributed by atoms with Crippen molar-refractivity contribution in [1.29, 1.82) is 5.26 Å². The van der Waals surface area contributed by atoms with Crippen LogP contribution in [-0.4, -0.2) is 25.1 Å². The zero-order valence-electron chi connectivity index (χ0n) is 17.4. The van der Waals surface area contributed by atoms with Gasteiger partial charge < -0.3 is 5.11 Å². The van der Waals surface area contributed by atoms with Crippen molar-refractivity contribution in [2.75, 3.05) is 0 Å². The first-order chi connectivity index (χ1) is 12.4. The molecule has 2 fully saturated rings. The summed E-state index contributed by atoms with van der Waals surface area (Å²) in [5, 5.41) is 20.1. The molecule has 2 saturated carbocycles. The van der Waals surface area contributed by atoms with Crippen LogP contribution in [0.25, 0.3) is 0 Å². The van der Waals surface area contributed by atoms with Crippen LogP contribution in [0.5, 0.6) is 0 Å². The maximum atomic E-state index is 12.6. The van der Waals surface area contributed by atoms with Gasteiger partial charge in [-0.3, -0.25) is 4.79 Å². The summed E-state index contributed by atoms with van der Waals surface area (Å²) in [6, 6.07) is 2.09. The van der Waals surface area contributed by atoms with Gasteiger partial charge in [0.15, 0.2) is 5.78 Å². The van der Waals surface area contributed by atoms with Gasteiger partial charge in [-0.15, -0.1) is 5.54 Å². The first kappa shape index (κ1) is 20.1. The molecule has 1 unspecified atom stereocenters. The predicted octanol–water partition coefficient (Wildman–Crippen LogP) is 4.41. The average molecular weight is 382 g/mol. The number of hydrogen-bond acceptors (Lipinski definition) is 3. The van der Waals surface area contributed by atoms with E-state index in [0.29, 0.717) is 5.92 Å². The summed E-state index contributed by atoms with van der Waals surface area (Å²) < 4.78 is 0. The number of carbonyl (C=O) groups is 1. The normalized spacial score (nSPS) is 37.6. The zero-order chi connectivity index (χ0) is 20.3. The molecule has 0 aromatic carbocycles. The van der Waals surface area contributed by atoms with Crippen molar-refractivity contribution in [3.63, 3.8) is 0 Å². The molecule has 0 heterocycles. The molecule has 0 bridgehead atoms. The smallest absolute Gasteiger partial charge is 0.196 e. The number of hydrogen-bond donors (Lipinski definition) is 1. The monoisotopic (exact) mass is 381 g/mol. The maximum Gasteiger partial charge on any atom is 0.196 e. The fourth-order valence-corrected chi connectivity index (χ4v) is 6.19. The molecule has 0 aliphatic heterocycles. The Morgan fingerprint density at radius 1 is 1.19 bits per heavy atom. The molecule has 1 N–H and O–H groups in total. The highest BCUT2D eigenvalue weighted by molar-refractivity contribution is 6.83. The Kier molecular flexibility index (Phi) is 4.62. The van der Waals surface area contributed by atoms with Crippen molar-refractivity contribution in [3.05, 3.63) is 23.3 Å². The van der Waals surface area contributed by atoms with E-state index in [1.807, 2.05) is 6.08 Å². The van der Waals surface area contributed by atoms with Crippen molar-refractivity contribution >= 4 is 13.9 Å². The molecule has 144 valence electrons. The van der Waals surface area contributed by atoms with Crippen molar-refractivity contribution in [2.45, 2.75) is 72.2 Å². The summed E-state index contributed by atoms with van der Waals surface area (Å²) in [6.07, 6.45) is 6.61. The topological polar surface area (TPSA) is 61.1 Å². The molecule has 3 nitrogen and oxygen atoms in total. The van der Waals surface area contributed by atoms with Gasteiger partial charge in [-0.05, 0) is 60.2 Å². The molecule has 3 rings (SSSR count). The molecular formula is C23H31NO2Si. The van der Waals surface area contributed by atoms with Crippen LogP contribution in [0, 0.1) is 45.0 Å². The van der Waals surface area contributed by atoms with Crippen LogP contribution in [0.2, 0.25) is 19.6 Å². The summed E-state index contributed by atoms with van der Waals surface area (Å²) in [5.41, 5.74) is 3.93. The van der Waals surface area contributed by atoms with Crippen LogP contribution in [0.15, 0.2) is 23.3 Å². The fraction of sp³-hybridized carbons (Fsp3) is 0.652. The molecule has 0 aromatic heterocycles. The van der Waals surface area contributed by atoms with Gasteiger partial charge >= 0.3 is 0 Å². The van der Waals surface area contributed by atoms with Crippen LogP contribution >= 0.6 is 0 Å². The average Bonchev–Trinajstić information content (AvgIpc) is 2.57. The second-order valence-corrected chi connectivity index (χ2v) is 15.2. The first-order valence-corrected chi connectivity index (χ1v) is 13.5. The van der Waals surface area contributed by atoms with Gasteiger partial charge in [0.05, 0.1) is 17.1 Å². The lowest BCUT2D eigenvalue weighted by atomic mass is 9.44. The standard InChI is InChI=1S/C23H31NO2Si/c1-21(2)18-7-10-23(11-12-27(4,5)6)14-16(15-24)17(25)13-19(23)22(18,3)9-8-20(21)26/h13-14,18,20,26H,7-10H2,1-6H3/t18-,20?,22-,23+/m0/s1. The summed E-state index contributed by atoms with van der Waals surface area (Å²) in [7, 11) is -1.60. The van der Waals surface area contributed by atoms with Crippen LogP contribution in [0.1, 0.15) is 46.5 Å². The Labute approximate surface area is 164 Å². The van der Waals surface area contributed by atoms with Crippen LogP contribution in [0.4, 0.5) is 0 Å². The molecule has 4 heteroatoms. The van der Waals surface area contributed by atoms with Crippen molar-refractivity contribution < 1.29 is 9.90 Å². The molecule has 0 aromatic rings. The molecule has 0 amide bonds. The summed E-state index contributed by atoms with van der Waals surface area (Å²) in [6.45, 7) is 13.2. The van der Waals surface area contributed by atoms with Gasteiger partial charge in [-0.1, -0.05) is 46.3 Å². The van der Waals surface area contributed by atoms with E-state index in [0.717, 1.165) is 31.3 Å². The molecular weight excluding hydrogens is 350 g/mol. The van der Waals surface area contributed by atoms with E-state index in [9.17, 15) is 15.2 Å². The Balaban J connectivity index is 2.19. The summed E-state index contributed by atoms with van der Waals surface area (Å²) in [5.74, 6) is 3.67. The molecule has 0 spiro atoms. The fourth-order valence-electron chi connectivity index (χ4n) is 5.59. The third kappa shape index (κ3) is 3.14. The number of allylic oxidation sites excluding steroid dienone is 4. The Hall–Kier alpha value is -1.62. The number of aliphatic hydroxyl groups excluding tert-OH is 1. The minimum atomic E-state index is -1.60. The summed E-state index contributed by atoms with van der Waals surface area (Å²) >= 11 is 0. The van der Waals surface area contributed by atoms with Crippen LogP contribution in [0.3, 0.4) is 0 Å². The lowest BCUT2D eigenvalue weighted by molar-refractivity contribution is -0.113. The van der Waals surface area contributed by atoms with E-state index in [-0.39, 0.29) is 28.3 Å². The minimum absolute atomic E-state index is 0.178. The molecule has 4 atom stereocenters. The Morgan fingerprint density at radius 2 is 1.85 bits per heavy atom. The van der Waals surface area contributed by atoms with Gasteiger partial charge in [-0.2, -0.15) is 5.26 Å². The number of carbonyl (C=O) groups excluding carboxylic acids is 1. The molecule has 0 radical (unpaired) electrons. The third-order valence-electron chi connectivity index (χ3n) is 7.10. The molecule has 27 heavy (non-hydrogen) atoms. The van der Waals surface area contributed by atoms with Gasteiger partial charge in [-0.25, -0.2) is 0 Å². The van der Waals surface area contributed by atoms with E-state index >= 15 is 0 Å². The van der Waals surface area contributed by atoms with E-state index in [4.69, 9.17) is 0 Å². The minimum Gasteiger partial charge on any atom is -0.393 e. The molecule has 3 aliphatic carbocycles. The van der Waals surface area contributed by atoms with Crippen molar-refractivity contribution in [3.8, 4) is 17.5 Å². The first-order valence-electron chi connectivity index (χ1n) is 9.98. The number of rotatable bonds is 0.